The molecular weight excluding hydrogens is 504 g/mol. The van der Waals surface area contributed by atoms with Gasteiger partial charge in [0.2, 0.25) is 5.91 Å². The fourth-order valence-corrected chi connectivity index (χ4v) is 4.80. The molecule has 1 unspecified atom stereocenters. The molecule has 1 fully saturated rings. The molecule has 1 aliphatic rings. The van der Waals surface area contributed by atoms with Gasteiger partial charge in [-0.3, -0.25) is 4.79 Å². The first kappa shape index (κ1) is 25.1. The zero-order chi connectivity index (χ0) is 27.3. The van der Waals surface area contributed by atoms with Crippen molar-refractivity contribution in [1.82, 2.24) is 29.6 Å². The van der Waals surface area contributed by atoms with Crippen molar-refractivity contribution in [3.63, 3.8) is 0 Å². The Hall–Kier alpha value is -5.25. The number of nitrogen functional groups attached to an aromatic ring is 1. The van der Waals surface area contributed by atoms with Crippen LogP contribution in [0.1, 0.15) is 12.5 Å². The van der Waals surface area contributed by atoms with Gasteiger partial charge in [0.1, 0.15) is 35.2 Å². The molecule has 3 N–H and O–H groups in total. The molecule has 1 aliphatic heterocycles. The summed E-state index contributed by atoms with van der Waals surface area (Å²) in [6.45, 7) is 1.67. The van der Waals surface area contributed by atoms with Crippen molar-refractivity contribution < 1.29 is 9.53 Å². The summed E-state index contributed by atoms with van der Waals surface area (Å²) >= 11 is 0. The third-order valence-electron chi connectivity index (χ3n) is 6.77. The molecule has 5 aromatic rings. The number of aromatic nitrogens is 5. The Labute approximate surface area is 231 Å². The van der Waals surface area contributed by atoms with Crippen molar-refractivity contribution in [3.8, 4) is 22.8 Å². The van der Waals surface area contributed by atoms with E-state index in [1.54, 1.807) is 12.3 Å². The van der Waals surface area contributed by atoms with Crippen LogP contribution in [0.3, 0.4) is 0 Å². The summed E-state index contributed by atoms with van der Waals surface area (Å²) in [5.74, 6) is 2.58. The first-order chi connectivity index (χ1) is 19.7. The molecule has 10 heteroatoms. The van der Waals surface area contributed by atoms with Gasteiger partial charge in [0.05, 0.1) is 11.4 Å². The van der Waals surface area contributed by atoms with Gasteiger partial charge in [-0.2, -0.15) is 5.10 Å². The van der Waals surface area contributed by atoms with E-state index in [1.807, 2.05) is 88.5 Å². The third kappa shape index (κ3) is 5.32. The minimum absolute atomic E-state index is 0.0322. The molecule has 0 spiro atoms. The van der Waals surface area contributed by atoms with Gasteiger partial charge < -0.3 is 20.7 Å². The number of amides is 1. The number of nitrogens with zero attached hydrogens (tertiary/aromatic N) is 6. The van der Waals surface area contributed by atoms with Crippen LogP contribution < -0.4 is 15.8 Å². The number of anilines is 2. The molecule has 200 valence electrons. The highest BCUT2D eigenvalue weighted by Gasteiger charge is 2.30. The van der Waals surface area contributed by atoms with Gasteiger partial charge in [0, 0.05) is 37.5 Å². The molecule has 0 bridgehead atoms. The summed E-state index contributed by atoms with van der Waals surface area (Å²) in [7, 11) is 0. The van der Waals surface area contributed by atoms with E-state index in [0.29, 0.717) is 42.2 Å². The predicted molar refractivity (Wildman–Crippen MR) is 154 cm³/mol. The number of nitrogens with one attached hydrogen (secondary N) is 1. The second-order valence-corrected chi connectivity index (χ2v) is 9.42. The van der Waals surface area contributed by atoms with Gasteiger partial charge in [0.25, 0.3) is 0 Å². The molecule has 1 amide bonds. The van der Waals surface area contributed by atoms with Gasteiger partial charge >= 0.3 is 0 Å². The number of fused-ring (bicyclic) bond motifs is 1. The molecule has 4 heterocycles. The number of hydrogen-bond acceptors (Lipinski definition) is 8. The lowest BCUT2D eigenvalue weighted by Crippen LogP contribution is -2.27. The van der Waals surface area contributed by atoms with Crippen LogP contribution >= 0.6 is 0 Å². The highest BCUT2D eigenvalue weighted by molar-refractivity contribution is 5.98. The first-order valence-corrected chi connectivity index (χ1v) is 13.1. The van der Waals surface area contributed by atoms with Crippen LogP contribution in [0.15, 0.2) is 97.5 Å². The van der Waals surface area contributed by atoms with Gasteiger partial charge in [-0.15, -0.1) is 0 Å². The number of para-hydroxylation sites is 1. The molecular formula is C30H28N8O2. The number of carbonyl (C=O) groups is 1. The molecule has 0 aliphatic carbocycles. The third-order valence-corrected chi connectivity index (χ3v) is 6.77. The number of likely N-dealkylation sites (tertiary alicyclic amines) is 1. The van der Waals surface area contributed by atoms with E-state index in [1.165, 1.54) is 6.33 Å². The van der Waals surface area contributed by atoms with Crippen LogP contribution in [-0.4, -0.2) is 55.2 Å². The van der Waals surface area contributed by atoms with Crippen LogP contribution in [0.25, 0.3) is 22.3 Å². The van der Waals surface area contributed by atoms with E-state index in [2.05, 4.69) is 20.3 Å². The van der Waals surface area contributed by atoms with E-state index in [9.17, 15) is 4.79 Å². The van der Waals surface area contributed by atoms with Crippen LogP contribution in [0, 0.1) is 0 Å². The zero-order valence-corrected chi connectivity index (χ0v) is 21.7. The lowest BCUT2D eigenvalue weighted by atomic mass is 10.1. The average Bonchev–Trinajstić information content (AvgIpc) is 3.63. The summed E-state index contributed by atoms with van der Waals surface area (Å²) in [6, 6.07) is 22.9. The van der Waals surface area contributed by atoms with E-state index in [4.69, 9.17) is 15.6 Å². The highest BCUT2D eigenvalue weighted by atomic mass is 16.5. The van der Waals surface area contributed by atoms with Crippen LogP contribution in [0.2, 0.25) is 0 Å². The Balaban J connectivity index is 1.18. The fourth-order valence-electron chi connectivity index (χ4n) is 4.80. The van der Waals surface area contributed by atoms with Gasteiger partial charge in [-0.05, 0) is 55.0 Å². The lowest BCUT2D eigenvalue weighted by Gasteiger charge is -2.15. The van der Waals surface area contributed by atoms with Crippen molar-refractivity contribution in [2.24, 2.45) is 0 Å². The minimum Gasteiger partial charge on any atom is -0.457 e. The van der Waals surface area contributed by atoms with Crippen LogP contribution in [-0.2, 0) is 4.79 Å². The average molecular weight is 533 g/mol. The molecule has 40 heavy (non-hydrogen) atoms. The molecule has 2 aromatic carbocycles. The number of hydrogen-bond donors (Lipinski definition) is 2. The van der Waals surface area contributed by atoms with Gasteiger partial charge in [-0.1, -0.05) is 30.3 Å². The normalized spacial score (nSPS) is 15.1. The maximum atomic E-state index is 12.8. The summed E-state index contributed by atoms with van der Waals surface area (Å²) in [5.41, 5.74) is 8.54. The monoisotopic (exact) mass is 532 g/mol. The number of nitrogens with two attached hydrogens (primary N) is 1. The predicted octanol–water partition coefficient (Wildman–Crippen LogP) is 4.70. The van der Waals surface area contributed by atoms with Crippen molar-refractivity contribution >= 4 is 28.6 Å². The van der Waals surface area contributed by atoms with Crippen LogP contribution in [0.4, 0.5) is 11.6 Å². The van der Waals surface area contributed by atoms with E-state index < -0.39 is 0 Å². The largest absolute Gasteiger partial charge is 0.457 e. The van der Waals surface area contributed by atoms with Crippen molar-refractivity contribution in [1.29, 1.82) is 0 Å². The Morgan fingerprint density at radius 3 is 2.60 bits per heavy atom. The van der Waals surface area contributed by atoms with E-state index >= 15 is 0 Å². The first-order valence-electron chi connectivity index (χ1n) is 13.1. The summed E-state index contributed by atoms with van der Waals surface area (Å²) in [4.78, 5) is 27.6. The number of benzene rings is 2. The number of carbonyl (C=O) groups excluding carboxylic acids is 1. The van der Waals surface area contributed by atoms with E-state index in [-0.39, 0.29) is 11.9 Å². The number of ether oxygens (including phenoxy) is 1. The van der Waals surface area contributed by atoms with Crippen molar-refractivity contribution in [3.05, 3.63) is 97.5 Å². The lowest BCUT2D eigenvalue weighted by molar-refractivity contribution is -0.125. The summed E-state index contributed by atoms with van der Waals surface area (Å²) < 4.78 is 7.82. The quantitative estimate of drug-likeness (QED) is 0.276. The summed E-state index contributed by atoms with van der Waals surface area (Å²) in [5, 5.41) is 8.81. The van der Waals surface area contributed by atoms with Crippen molar-refractivity contribution in [2.75, 3.05) is 30.7 Å². The SMILES string of the molecule is Nc1ncnc2c1c(-c1ccc(Oc3ccccc3)cc1)nn2C1CCN(C(=O)/C=C/CNc2ccccn2)C1. The Morgan fingerprint density at radius 2 is 1.80 bits per heavy atom. The maximum Gasteiger partial charge on any atom is 0.246 e. The Morgan fingerprint density at radius 1 is 1.00 bits per heavy atom. The van der Waals surface area contributed by atoms with Gasteiger partial charge in [0.15, 0.2) is 5.65 Å². The molecule has 1 atom stereocenters. The smallest absolute Gasteiger partial charge is 0.246 e. The number of pyridine rings is 1. The second-order valence-electron chi connectivity index (χ2n) is 9.42. The van der Waals surface area contributed by atoms with E-state index in [0.717, 1.165) is 29.3 Å². The fraction of sp³-hybridized carbons (Fsp3) is 0.167. The minimum atomic E-state index is -0.0369. The zero-order valence-electron chi connectivity index (χ0n) is 21.7. The molecule has 3 aromatic heterocycles. The topological polar surface area (TPSA) is 124 Å². The maximum absolute atomic E-state index is 12.8. The standard InChI is InChI=1S/C30H28N8O2/c31-29-27-28(21-11-13-24(14-12-21)40-23-7-2-1-3-8-23)36-38(30(27)35-20-34-29)22-15-18-37(19-22)26(39)10-6-17-33-25-9-4-5-16-32-25/h1-14,16,20,22H,15,17-19H2,(H,32,33)(H2,31,34,35)/b10-6+. The molecule has 10 nitrogen and oxygen atoms in total. The van der Waals surface area contributed by atoms with Crippen LogP contribution in [0.5, 0.6) is 11.5 Å². The molecule has 0 saturated carbocycles. The molecule has 0 radical (unpaired) electrons. The number of rotatable bonds is 8. The molecule has 6 rings (SSSR count). The van der Waals surface area contributed by atoms with Gasteiger partial charge in [-0.25, -0.2) is 19.6 Å². The Kier molecular flexibility index (Phi) is 7.04. The second kappa shape index (κ2) is 11.2. The molecule has 1 saturated heterocycles. The van der Waals surface area contributed by atoms with Crippen molar-refractivity contribution in [2.45, 2.75) is 12.5 Å². The summed E-state index contributed by atoms with van der Waals surface area (Å²) in [6.07, 6.45) is 7.34. The Bertz CT molecular complexity index is 1640. The highest BCUT2D eigenvalue weighted by Crippen LogP contribution is 2.35.